The maximum atomic E-state index is 13.0. The van der Waals surface area contributed by atoms with E-state index in [2.05, 4.69) is 21.8 Å². The molecule has 2 aliphatic rings. The second kappa shape index (κ2) is 11.2. The molecule has 1 aromatic rings. The maximum Gasteiger partial charge on any atom is 0.251 e. The van der Waals surface area contributed by atoms with Crippen LogP contribution in [0.4, 0.5) is 5.82 Å². The van der Waals surface area contributed by atoms with Crippen LogP contribution in [0.3, 0.4) is 0 Å². The summed E-state index contributed by atoms with van der Waals surface area (Å²) < 4.78 is 5.66. The zero-order valence-corrected chi connectivity index (χ0v) is 18.9. The van der Waals surface area contributed by atoms with E-state index in [1.807, 2.05) is 6.92 Å². The lowest BCUT2D eigenvalue weighted by molar-refractivity contribution is -0.142. The fraction of sp³-hybridized carbons (Fsp3) is 0.652. The summed E-state index contributed by atoms with van der Waals surface area (Å²) in [6.07, 6.45) is 6.48. The second-order valence-corrected chi connectivity index (χ2v) is 8.23. The largest absolute Gasteiger partial charge is 0.368 e. The smallest absolute Gasteiger partial charge is 0.251 e. The number of carbonyl (C=O) groups is 2. The van der Waals surface area contributed by atoms with Gasteiger partial charge in [-0.3, -0.25) is 9.59 Å². The van der Waals surface area contributed by atoms with E-state index < -0.39 is 6.10 Å². The number of ether oxygens (including phenoxy) is 1. The molecule has 0 radical (unpaired) electrons. The Kier molecular flexibility index (Phi) is 8.40. The summed E-state index contributed by atoms with van der Waals surface area (Å²) in [5.41, 5.74) is 2.37. The lowest BCUT2D eigenvalue weighted by Crippen LogP contribution is -2.48. The Labute approximate surface area is 185 Å². The molecule has 0 spiro atoms. The van der Waals surface area contributed by atoms with E-state index in [0.717, 1.165) is 43.0 Å². The predicted molar refractivity (Wildman–Crippen MR) is 120 cm³/mol. The van der Waals surface area contributed by atoms with Crippen LogP contribution in [0.5, 0.6) is 0 Å². The number of fused-ring (bicyclic) bond motifs is 1. The van der Waals surface area contributed by atoms with Crippen LogP contribution >= 0.6 is 0 Å². The van der Waals surface area contributed by atoms with Crippen molar-refractivity contribution in [3.8, 4) is 0 Å². The van der Waals surface area contributed by atoms with Gasteiger partial charge < -0.3 is 19.9 Å². The lowest BCUT2D eigenvalue weighted by atomic mass is 9.96. The predicted octanol–water partition coefficient (Wildman–Crippen LogP) is 1.80. The second-order valence-electron chi connectivity index (χ2n) is 8.23. The first-order valence-corrected chi connectivity index (χ1v) is 11.4. The molecule has 2 amide bonds. The summed E-state index contributed by atoms with van der Waals surface area (Å²) in [7, 11) is 0. The van der Waals surface area contributed by atoms with Crippen molar-refractivity contribution in [2.24, 2.45) is 0 Å². The summed E-state index contributed by atoms with van der Waals surface area (Å²) in [5.74, 6) is 1.60. The van der Waals surface area contributed by atoms with Crippen molar-refractivity contribution in [1.29, 1.82) is 0 Å². The molecule has 0 bridgehead atoms. The average molecular weight is 430 g/mol. The van der Waals surface area contributed by atoms with E-state index in [4.69, 9.17) is 9.72 Å². The molecule has 2 heterocycles. The molecule has 1 unspecified atom stereocenters. The van der Waals surface area contributed by atoms with Gasteiger partial charge in [0.15, 0.2) is 0 Å². The first-order valence-electron chi connectivity index (χ1n) is 11.4. The van der Waals surface area contributed by atoms with Crippen molar-refractivity contribution in [1.82, 2.24) is 20.2 Å². The normalized spacial score (nSPS) is 18.7. The van der Waals surface area contributed by atoms with Gasteiger partial charge in [-0.15, -0.1) is 6.58 Å². The summed E-state index contributed by atoms with van der Waals surface area (Å²) >= 11 is 0. The zero-order valence-electron chi connectivity index (χ0n) is 18.9. The molecule has 1 aromatic heterocycles. The molecular formula is C23H35N5O3. The molecule has 0 saturated carbocycles. The fourth-order valence-electron chi connectivity index (χ4n) is 4.17. The molecule has 1 saturated heterocycles. The molecule has 1 aliphatic heterocycles. The van der Waals surface area contributed by atoms with Gasteiger partial charge in [0, 0.05) is 50.4 Å². The van der Waals surface area contributed by atoms with Gasteiger partial charge >= 0.3 is 0 Å². The van der Waals surface area contributed by atoms with Crippen molar-refractivity contribution in [3.63, 3.8) is 0 Å². The minimum Gasteiger partial charge on any atom is -0.368 e. The van der Waals surface area contributed by atoms with Crippen LogP contribution < -0.4 is 10.2 Å². The molecule has 8 heteroatoms. The van der Waals surface area contributed by atoms with E-state index in [-0.39, 0.29) is 11.8 Å². The number of carbonyl (C=O) groups excluding carboxylic acids is 2. The average Bonchev–Trinajstić information content (AvgIpc) is 2.77. The Bertz CT molecular complexity index is 798. The molecule has 1 fully saturated rings. The molecule has 3 rings (SSSR count). The van der Waals surface area contributed by atoms with Crippen molar-refractivity contribution >= 4 is 17.6 Å². The van der Waals surface area contributed by atoms with Crippen LogP contribution in [0.2, 0.25) is 0 Å². The molecule has 0 aromatic carbocycles. The van der Waals surface area contributed by atoms with Crippen molar-refractivity contribution in [3.05, 3.63) is 29.7 Å². The van der Waals surface area contributed by atoms with Crippen molar-refractivity contribution < 1.29 is 14.3 Å². The number of hydrogen-bond donors (Lipinski definition) is 1. The number of amides is 2. The van der Waals surface area contributed by atoms with E-state index in [9.17, 15) is 9.59 Å². The summed E-state index contributed by atoms with van der Waals surface area (Å²) in [6.45, 7) is 10.6. The third-order valence-electron chi connectivity index (χ3n) is 5.87. The quantitative estimate of drug-likeness (QED) is 0.548. The van der Waals surface area contributed by atoms with E-state index >= 15 is 0 Å². The van der Waals surface area contributed by atoms with Gasteiger partial charge in [-0.2, -0.15) is 0 Å². The monoisotopic (exact) mass is 429 g/mol. The van der Waals surface area contributed by atoms with Crippen LogP contribution in [0.1, 0.15) is 49.7 Å². The van der Waals surface area contributed by atoms with Gasteiger partial charge in [0.25, 0.3) is 5.91 Å². The van der Waals surface area contributed by atoms with Gasteiger partial charge in [-0.05, 0) is 46.0 Å². The number of nitrogens with one attached hydrogen (secondary N) is 1. The van der Waals surface area contributed by atoms with E-state index in [0.29, 0.717) is 52.2 Å². The molecule has 1 aliphatic carbocycles. The molecule has 170 valence electrons. The summed E-state index contributed by atoms with van der Waals surface area (Å²) in [4.78, 5) is 38.6. The number of hydrogen-bond acceptors (Lipinski definition) is 6. The minimum absolute atomic E-state index is 0.0409. The Hall–Kier alpha value is -2.48. The van der Waals surface area contributed by atoms with Crippen LogP contribution in [-0.2, 0) is 27.2 Å². The highest BCUT2D eigenvalue weighted by atomic mass is 16.5. The highest BCUT2D eigenvalue weighted by Gasteiger charge is 2.26. The van der Waals surface area contributed by atoms with Crippen molar-refractivity contribution in [2.75, 3.05) is 44.2 Å². The number of rotatable bonds is 6. The van der Waals surface area contributed by atoms with Gasteiger partial charge in [-0.25, -0.2) is 9.97 Å². The maximum absolute atomic E-state index is 13.0. The van der Waals surface area contributed by atoms with Crippen LogP contribution in [0, 0.1) is 6.92 Å². The van der Waals surface area contributed by atoms with Crippen molar-refractivity contribution in [2.45, 2.75) is 58.5 Å². The lowest BCUT2D eigenvalue weighted by Gasteiger charge is -2.33. The highest BCUT2D eigenvalue weighted by Crippen LogP contribution is 2.28. The van der Waals surface area contributed by atoms with Crippen LogP contribution in [-0.4, -0.2) is 72.1 Å². The van der Waals surface area contributed by atoms with E-state index in [1.54, 1.807) is 17.9 Å². The standard InChI is InChI=1S/C23H35N5O3/c1-4-5-16-31-17(2)23(30)28-12-10-21(29)24-11-13-27(14-15-28)22-19-8-6-7-9-20(19)25-18(3)26-22/h4,17H,1,5-16H2,2-3H3,(H,24,29). The van der Waals surface area contributed by atoms with Gasteiger partial charge in [0.05, 0.1) is 6.61 Å². The van der Waals surface area contributed by atoms with E-state index in [1.165, 1.54) is 5.56 Å². The Morgan fingerprint density at radius 1 is 1.19 bits per heavy atom. The molecule has 8 nitrogen and oxygen atoms in total. The van der Waals surface area contributed by atoms with Gasteiger partial charge in [0.1, 0.15) is 17.7 Å². The fourth-order valence-corrected chi connectivity index (χ4v) is 4.17. The van der Waals surface area contributed by atoms with Gasteiger partial charge in [-0.1, -0.05) is 6.08 Å². The Morgan fingerprint density at radius 3 is 2.81 bits per heavy atom. The molecule has 31 heavy (non-hydrogen) atoms. The van der Waals surface area contributed by atoms with Crippen LogP contribution in [0.15, 0.2) is 12.7 Å². The first kappa shape index (κ1) is 23.2. The SMILES string of the molecule is C=CCCOC(C)C(=O)N1CCC(=O)NCCN(c2nc(C)nc3c2CCCC3)CC1. The third-order valence-corrected chi connectivity index (χ3v) is 5.87. The number of anilines is 1. The summed E-state index contributed by atoms with van der Waals surface area (Å²) in [5, 5.41) is 2.97. The molecule has 1 N–H and O–H groups in total. The summed E-state index contributed by atoms with van der Waals surface area (Å²) in [6, 6.07) is 0. The Morgan fingerprint density at radius 2 is 2.00 bits per heavy atom. The van der Waals surface area contributed by atoms with Gasteiger partial charge in [0.2, 0.25) is 5.91 Å². The highest BCUT2D eigenvalue weighted by molar-refractivity contribution is 5.82. The minimum atomic E-state index is -0.548. The topological polar surface area (TPSA) is 87.7 Å². The number of aromatic nitrogens is 2. The zero-order chi connectivity index (χ0) is 22.2. The number of nitrogens with zero attached hydrogens (tertiary/aromatic N) is 4. The third kappa shape index (κ3) is 6.26. The Balaban J connectivity index is 1.78. The molecular weight excluding hydrogens is 394 g/mol. The number of aryl methyl sites for hydroxylation is 2. The van der Waals surface area contributed by atoms with Crippen LogP contribution in [0.25, 0.3) is 0 Å². The molecule has 1 atom stereocenters. The first-order chi connectivity index (χ1) is 15.0.